The molecule has 0 aliphatic rings. The molecule has 0 aromatic carbocycles. The summed E-state index contributed by atoms with van der Waals surface area (Å²) in [6, 6.07) is 0. The standard InChI is InChI=1S/3C12H22O3.Al/c3*1-10(2)7-5-3-4-6-8-11(13)9-12(14)15;/h3*10H,3-9H2,1-2H3,(H,14,15);/q;;;+3/p-3. The first-order valence-electron chi connectivity index (χ1n) is 17.2. The third-order valence-electron chi connectivity index (χ3n) is 6.99. The molecule has 9 nitrogen and oxygen atoms in total. The number of unbranched alkanes of at least 4 members (excludes halogenated alkanes) is 9. The zero-order valence-corrected chi connectivity index (χ0v) is 31.0. The van der Waals surface area contributed by atoms with Crippen LogP contribution in [-0.2, 0) is 28.8 Å². The van der Waals surface area contributed by atoms with E-state index in [2.05, 4.69) is 41.5 Å². The second-order valence-electron chi connectivity index (χ2n) is 13.3. The van der Waals surface area contributed by atoms with E-state index in [0.29, 0.717) is 19.3 Å². The molecule has 0 amide bonds. The van der Waals surface area contributed by atoms with E-state index < -0.39 is 37.2 Å². The van der Waals surface area contributed by atoms with Crippen LogP contribution in [0.4, 0.5) is 0 Å². The van der Waals surface area contributed by atoms with E-state index in [1.54, 1.807) is 0 Å². The van der Waals surface area contributed by atoms with E-state index in [4.69, 9.17) is 0 Å². The first-order chi connectivity index (χ1) is 21.1. The average Bonchev–Trinajstić information content (AvgIpc) is 2.89. The van der Waals surface area contributed by atoms with Crippen LogP contribution in [0.1, 0.15) is 176 Å². The Hall–Kier alpha value is -2.05. The number of carboxylic acid groups (broad SMARTS) is 3. The van der Waals surface area contributed by atoms with E-state index in [0.717, 1.165) is 75.5 Å². The monoisotopic (exact) mass is 666 g/mol. The Morgan fingerprint density at radius 1 is 0.370 bits per heavy atom. The molecule has 0 aromatic rings. The second-order valence-corrected chi connectivity index (χ2v) is 13.3. The number of aliphatic carboxylic acids is 3. The SMILES string of the molecule is CC(C)CCCCCCC(=O)CC(=O)[O-].CC(C)CCCCCCC(=O)CC(=O)[O-].CC(C)CCCCCCC(=O)CC(=O)[O-].[Al+3]. The van der Waals surface area contributed by atoms with Crippen molar-refractivity contribution in [2.45, 2.75) is 176 Å². The van der Waals surface area contributed by atoms with Crippen molar-refractivity contribution < 1.29 is 44.1 Å². The van der Waals surface area contributed by atoms with Gasteiger partial charge in [0.15, 0.2) is 0 Å². The van der Waals surface area contributed by atoms with Gasteiger partial charge in [-0.15, -0.1) is 0 Å². The number of ketones is 3. The summed E-state index contributed by atoms with van der Waals surface area (Å²) >= 11 is 0. The Labute approximate surface area is 290 Å². The zero-order valence-electron chi connectivity index (χ0n) is 29.8. The van der Waals surface area contributed by atoms with Crippen molar-refractivity contribution in [3.05, 3.63) is 0 Å². The molecule has 0 radical (unpaired) electrons. The van der Waals surface area contributed by atoms with Crippen molar-refractivity contribution in [2.75, 3.05) is 0 Å². The summed E-state index contributed by atoms with van der Waals surface area (Å²) in [6.45, 7) is 13.2. The molecule has 0 aromatic heterocycles. The molecule has 0 heterocycles. The van der Waals surface area contributed by atoms with Crippen LogP contribution in [-0.4, -0.2) is 52.6 Å². The largest absolute Gasteiger partial charge is 3.00 e. The average molecular weight is 667 g/mol. The molecule has 0 bridgehead atoms. The summed E-state index contributed by atoms with van der Waals surface area (Å²) in [5.74, 6) is -2.20. The maximum absolute atomic E-state index is 11.0. The molecule has 0 spiro atoms. The second kappa shape index (κ2) is 35.8. The van der Waals surface area contributed by atoms with Gasteiger partial charge in [0.1, 0.15) is 17.3 Å². The Morgan fingerprint density at radius 2 is 0.565 bits per heavy atom. The third-order valence-corrected chi connectivity index (χ3v) is 6.99. The van der Waals surface area contributed by atoms with Gasteiger partial charge in [-0.25, -0.2) is 0 Å². The molecule has 264 valence electrons. The molecule has 0 aliphatic carbocycles. The molecular formula is C36H63AlO9. The number of Topliss-reactive ketones (excluding diaryl/α,β-unsaturated/α-hetero) is 3. The van der Waals surface area contributed by atoms with E-state index in [1.807, 2.05) is 0 Å². The van der Waals surface area contributed by atoms with Crippen molar-refractivity contribution in [3.63, 3.8) is 0 Å². The van der Waals surface area contributed by atoms with Gasteiger partial charge in [-0.2, -0.15) is 0 Å². The number of hydrogen-bond donors (Lipinski definition) is 0. The van der Waals surface area contributed by atoms with E-state index in [9.17, 15) is 44.1 Å². The smallest absolute Gasteiger partial charge is 0.550 e. The van der Waals surface area contributed by atoms with Gasteiger partial charge in [0.2, 0.25) is 0 Å². The van der Waals surface area contributed by atoms with Gasteiger partial charge >= 0.3 is 17.4 Å². The van der Waals surface area contributed by atoms with Crippen molar-refractivity contribution in [1.29, 1.82) is 0 Å². The van der Waals surface area contributed by atoms with E-state index in [1.165, 1.54) is 38.5 Å². The summed E-state index contributed by atoms with van der Waals surface area (Å²) in [5.41, 5.74) is 0. The zero-order chi connectivity index (χ0) is 35.0. The molecule has 10 heteroatoms. The predicted molar refractivity (Wildman–Crippen MR) is 177 cm³/mol. The Bertz CT molecular complexity index is 703. The topological polar surface area (TPSA) is 172 Å². The molecule has 0 aliphatic heterocycles. The number of carbonyl (C=O) groups is 6. The first kappa shape index (κ1) is 50.8. The van der Waals surface area contributed by atoms with Crippen molar-refractivity contribution in [1.82, 2.24) is 0 Å². The molecule has 0 saturated heterocycles. The number of carboxylic acids is 3. The van der Waals surface area contributed by atoms with Crippen molar-refractivity contribution in [3.8, 4) is 0 Å². The summed E-state index contributed by atoms with van der Waals surface area (Å²) in [6.07, 6.45) is 16.1. The molecule has 46 heavy (non-hydrogen) atoms. The van der Waals surface area contributed by atoms with Gasteiger partial charge in [-0.3, -0.25) is 14.4 Å². The molecule has 0 saturated carbocycles. The van der Waals surface area contributed by atoms with Crippen LogP contribution >= 0.6 is 0 Å². The molecule has 0 fully saturated rings. The third kappa shape index (κ3) is 51.5. The minimum atomic E-state index is -1.26. The van der Waals surface area contributed by atoms with Crippen LogP contribution in [0, 0.1) is 17.8 Å². The quantitative estimate of drug-likeness (QED) is 0.0685. The fourth-order valence-corrected chi connectivity index (χ4v) is 4.43. The predicted octanol–water partition coefficient (Wildman–Crippen LogP) is 4.70. The van der Waals surface area contributed by atoms with Gasteiger partial charge in [0.25, 0.3) is 0 Å². The Morgan fingerprint density at radius 3 is 0.739 bits per heavy atom. The summed E-state index contributed by atoms with van der Waals surface area (Å²) in [4.78, 5) is 63.2. The molecule has 0 unspecified atom stereocenters. The molecular weight excluding hydrogens is 603 g/mol. The van der Waals surface area contributed by atoms with E-state index >= 15 is 0 Å². The van der Waals surface area contributed by atoms with Crippen LogP contribution in [0.15, 0.2) is 0 Å². The van der Waals surface area contributed by atoms with Crippen LogP contribution in [0.5, 0.6) is 0 Å². The number of rotatable bonds is 27. The first-order valence-corrected chi connectivity index (χ1v) is 17.2. The van der Waals surface area contributed by atoms with Crippen molar-refractivity contribution in [2.24, 2.45) is 17.8 Å². The minimum Gasteiger partial charge on any atom is -0.550 e. The van der Waals surface area contributed by atoms with Gasteiger partial charge in [-0.1, -0.05) is 119 Å². The van der Waals surface area contributed by atoms with Crippen LogP contribution in [0.2, 0.25) is 0 Å². The van der Waals surface area contributed by atoms with Crippen LogP contribution < -0.4 is 15.3 Å². The normalized spacial score (nSPS) is 10.4. The van der Waals surface area contributed by atoms with Crippen LogP contribution in [0.3, 0.4) is 0 Å². The maximum Gasteiger partial charge on any atom is 3.00 e. The van der Waals surface area contributed by atoms with Crippen LogP contribution in [0.25, 0.3) is 0 Å². The summed E-state index contributed by atoms with van der Waals surface area (Å²) in [7, 11) is 0. The Balaban J connectivity index is -0.000000285. The van der Waals surface area contributed by atoms with Crippen molar-refractivity contribution >= 4 is 52.6 Å². The fourth-order valence-electron chi connectivity index (χ4n) is 4.43. The molecule has 0 N–H and O–H groups in total. The molecule has 0 rings (SSSR count). The van der Waals surface area contributed by atoms with Gasteiger partial charge in [0, 0.05) is 56.4 Å². The van der Waals surface area contributed by atoms with E-state index in [-0.39, 0.29) is 34.7 Å². The van der Waals surface area contributed by atoms with Gasteiger partial charge in [0.05, 0.1) is 0 Å². The summed E-state index contributed by atoms with van der Waals surface area (Å²) in [5, 5.41) is 30.3. The number of carbonyl (C=O) groups excluding carboxylic acids is 6. The molecule has 0 atom stereocenters. The minimum absolute atomic E-state index is 0. The fraction of sp³-hybridized carbons (Fsp3) is 0.833. The maximum atomic E-state index is 11.0. The van der Waals surface area contributed by atoms with Gasteiger partial charge < -0.3 is 29.7 Å². The summed E-state index contributed by atoms with van der Waals surface area (Å²) < 4.78 is 0. The number of hydrogen-bond acceptors (Lipinski definition) is 9. The van der Waals surface area contributed by atoms with Gasteiger partial charge in [-0.05, 0) is 37.0 Å². The Kier molecular flexibility index (Phi) is 39.5.